The van der Waals surface area contributed by atoms with Gasteiger partial charge in [0.2, 0.25) is 5.95 Å². The Labute approximate surface area is 129 Å². The first kappa shape index (κ1) is 14.5. The number of aliphatic hydroxyl groups excluding tert-OH is 1. The minimum absolute atomic E-state index is 0.257. The van der Waals surface area contributed by atoms with E-state index in [0.717, 1.165) is 48.4 Å². The van der Waals surface area contributed by atoms with Gasteiger partial charge in [0.1, 0.15) is 10.6 Å². The number of anilines is 2. The molecule has 1 atom stereocenters. The van der Waals surface area contributed by atoms with Crippen molar-refractivity contribution in [1.82, 2.24) is 9.97 Å². The molecular weight excluding hydrogens is 284 g/mol. The SMILES string of the molecule is CCc1cc2c(N3CCCC(CO)C3)nc(NC)nc2s1. The van der Waals surface area contributed by atoms with Gasteiger partial charge in [0, 0.05) is 31.6 Å². The fourth-order valence-corrected chi connectivity index (χ4v) is 3.85. The monoisotopic (exact) mass is 306 g/mol. The van der Waals surface area contributed by atoms with E-state index >= 15 is 0 Å². The second kappa shape index (κ2) is 6.15. The minimum atomic E-state index is 0.257. The number of nitrogens with one attached hydrogen (secondary N) is 1. The molecule has 1 fully saturated rings. The lowest BCUT2D eigenvalue weighted by atomic mass is 9.99. The maximum Gasteiger partial charge on any atom is 0.225 e. The smallest absolute Gasteiger partial charge is 0.225 e. The molecule has 1 unspecified atom stereocenters. The van der Waals surface area contributed by atoms with Crippen LogP contribution in [0, 0.1) is 5.92 Å². The number of rotatable bonds is 4. The summed E-state index contributed by atoms with van der Waals surface area (Å²) in [4.78, 5) is 14.0. The van der Waals surface area contributed by atoms with Crippen LogP contribution in [0.3, 0.4) is 0 Å². The topological polar surface area (TPSA) is 61.3 Å². The van der Waals surface area contributed by atoms with Gasteiger partial charge in [0.15, 0.2) is 0 Å². The van der Waals surface area contributed by atoms with Crippen molar-refractivity contribution in [3.05, 3.63) is 10.9 Å². The number of nitrogens with zero attached hydrogens (tertiary/aromatic N) is 3. The van der Waals surface area contributed by atoms with Crippen LogP contribution in [-0.4, -0.2) is 41.8 Å². The number of aliphatic hydroxyl groups is 1. The van der Waals surface area contributed by atoms with E-state index in [4.69, 9.17) is 0 Å². The van der Waals surface area contributed by atoms with E-state index in [1.165, 1.54) is 4.88 Å². The maximum atomic E-state index is 9.44. The molecule has 1 aliphatic rings. The highest BCUT2D eigenvalue weighted by Gasteiger charge is 2.23. The Morgan fingerprint density at radius 3 is 3.05 bits per heavy atom. The second-order valence-electron chi connectivity index (χ2n) is 5.54. The Kier molecular flexibility index (Phi) is 4.26. The number of piperidine rings is 1. The van der Waals surface area contributed by atoms with Gasteiger partial charge >= 0.3 is 0 Å². The van der Waals surface area contributed by atoms with Gasteiger partial charge in [-0.25, -0.2) is 4.98 Å². The summed E-state index contributed by atoms with van der Waals surface area (Å²) in [6.45, 7) is 4.30. The summed E-state index contributed by atoms with van der Waals surface area (Å²) in [5.74, 6) is 2.04. The van der Waals surface area contributed by atoms with Crippen molar-refractivity contribution in [1.29, 1.82) is 0 Å². The van der Waals surface area contributed by atoms with E-state index in [9.17, 15) is 5.11 Å². The Balaban J connectivity index is 2.04. The molecule has 0 aromatic carbocycles. The third-order valence-corrected chi connectivity index (χ3v) is 5.25. The average molecular weight is 306 g/mol. The zero-order valence-corrected chi connectivity index (χ0v) is 13.4. The summed E-state index contributed by atoms with van der Waals surface area (Å²) in [7, 11) is 1.85. The number of hydrogen-bond acceptors (Lipinski definition) is 6. The van der Waals surface area contributed by atoms with Crippen LogP contribution in [0.15, 0.2) is 6.07 Å². The zero-order valence-electron chi connectivity index (χ0n) is 12.6. The normalized spacial score (nSPS) is 19.2. The molecule has 3 rings (SSSR count). The van der Waals surface area contributed by atoms with Crippen LogP contribution in [0.4, 0.5) is 11.8 Å². The zero-order chi connectivity index (χ0) is 14.8. The van der Waals surface area contributed by atoms with Gasteiger partial charge in [-0.3, -0.25) is 0 Å². The molecule has 5 nitrogen and oxygen atoms in total. The molecule has 114 valence electrons. The Morgan fingerprint density at radius 1 is 1.48 bits per heavy atom. The number of fused-ring (bicyclic) bond motifs is 1. The van der Waals surface area contributed by atoms with Gasteiger partial charge in [0.05, 0.1) is 5.39 Å². The van der Waals surface area contributed by atoms with E-state index in [1.807, 2.05) is 7.05 Å². The first-order valence-electron chi connectivity index (χ1n) is 7.59. The van der Waals surface area contributed by atoms with Crippen molar-refractivity contribution in [2.45, 2.75) is 26.2 Å². The molecule has 2 aromatic rings. The summed E-state index contributed by atoms with van der Waals surface area (Å²) in [6.07, 6.45) is 3.23. The van der Waals surface area contributed by atoms with E-state index < -0.39 is 0 Å². The maximum absolute atomic E-state index is 9.44. The largest absolute Gasteiger partial charge is 0.396 e. The number of aromatic nitrogens is 2. The van der Waals surface area contributed by atoms with Crippen molar-refractivity contribution in [3.63, 3.8) is 0 Å². The summed E-state index contributed by atoms with van der Waals surface area (Å²) in [6, 6.07) is 2.22. The van der Waals surface area contributed by atoms with Gasteiger partial charge in [-0.05, 0) is 31.2 Å². The summed E-state index contributed by atoms with van der Waals surface area (Å²) < 4.78 is 0. The van der Waals surface area contributed by atoms with Crippen LogP contribution >= 0.6 is 11.3 Å². The van der Waals surface area contributed by atoms with Gasteiger partial charge in [-0.1, -0.05) is 6.92 Å². The van der Waals surface area contributed by atoms with Crippen molar-refractivity contribution in [3.8, 4) is 0 Å². The average Bonchev–Trinajstić information content (AvgIpc) is 2.96. The molecule has 3 heterocycles. The predicted molar refractivity (Wildman–Crippen MR) is 88.4 cm³/mol. The number of aryl methyl sites for hydroxylation is 1. The highest BCUT2D eigenvalue weighted by atomic mass is 32.1. The summed E-state index contributed by atoms with van der Waals surface area (Å²) >= 11 is 1.74. The molecule has 0 saturated carbocycles. The lowest BCUT2D eigenvalue weighted by Crippen LogP contribution is -2.37. The Morgan fingerprint density at radius 2 is 2.33 bits per heavy atom. The van der Waals surface area contributed by atoms with E-state index in [0.29, 0.717) is 11.9 Å². The lowest BCUT2D eigenvalue weighted by Gasteiger charge is -2.33. The third-order valence-electron chi connectivity index (χ3n) is 4.07. The van der Waals surface area contributed by atoms with Crippen LogP contribution in [0.1, 0.15) is 24.6 Å². The Hall–Kier alpha value is -1.40. The molecule has 0 radical (unpaired) electrons. The van der Waals surface area contributed by atoms with E-state index in [1.54, 1.807) is 11.3 Å². The molecule has 0 bridgehead atoms. The van der Waals surface area contributed by atoms with E-state index in [-0.39, 0.29) is 6.61 Å². The van der Waals surface area contributed by atoms with Crippen LogP contribution in [0.5, 0.6) is 0 Å². The molecule has 0 amide bonds. The van der Waals surface area contributed by atoms with Gasteiger partial charge in [0.25, 0.3) is 0 Å². The van der Waals surface area contributed by atoms with Gasteiger partial charge in [-0.2, -0.15) is 4.98 Å². The lowest BCUT2D eigenvalue weighted by molar-refractivity contribution is 0.208. The van der Waals surface area contributed by atoms with Crippen LogP contribution in [-0.2, 0) is 6.42 Å². The molecule has 0 aliphatic carbocycles. The molecule has 2 N–H and O–H groups in total. The highest BCUT2D eigenvalue weighted by Crippen LogP contribution is 2.34. The van der Waals surface area contributed by atoms with Gasteiger partial charge in [-0.15, -0.1) is 11.3 Å². The molecular formula is C15H22N4OS. The van der Waals surface area contributed by atoms with Crippen LogP contribution in [0.25, 0.3) is 10.2 Å². The van der Waals surface area contributed by atoms with Crippen molar-refractivity contribution >= 4 is 33.3 Å². The van der Waals surface area contributed by atoms with Crippen LogP contribution < -0.4 is 10.2 Å². The van der Waals surface area contributed by atoms with E-state index in [2.05, 4.69) is 33.2 Å². The summed E-state index contributed by atoms with van der Waals surface area (Å²) in [5, 5.41) is 13.6. The molecule has 1 aliphatic heterocycles. The van der Waals surface area contributed by atoms with Crippen LogP contribution in [0.2, 0.25) is 0 Å². The first-order valence-corrected chi connectivity index (χ1v) is 8.40. The van der Waals surface area contributed by atoms with Crippen molar-refractivity contribution < 1.29 is 5.11 Å². The number of thiophene rings is 1. The predicted octanol–water partition coefficient (Wildman–Crippen LogP) is 2.50. The molecule has 2 aromatic heterocycles. The first-order chi connectivity index (χ1) is 10.2. The standard InChI is InChI=1S/C15H22N4OS/c1-3-11-7-12-13(17-15(16-2)18-14(12)21-11)19-6-4-5-10(8-19)9-20/h7,10,20H,3-6,8-9H2,1-2H3,(H,16,17,18). The van der Waals surface area contributed by atoms with Crippen molar-refractivity contribution in [2.75, 3.05) is 37.0 Å². The fourth-order valence-electron chi connectivity index (χ4n) is 2.89. The van der Waals surface area contributed by atoms with Gasteiger partial charge < -0.3 is 15.3 Å². The second-order valence-corrected chi connectivity index (χ2v) is 6.66. The third kappa shape index (κ3) is 2.82. The number of hydrogen-bond donors (Lipinski definition) is 2. The molecule has 6 heteroatoms. The summed E-state index contributed by atoms with van der Waals surface area (Å²) in [5.41, 5.74) is 0. The Bertz CT molecular complexity index is 627. The molecule has 0 spiro atoms. The molecule has 21 heavy (non-hydrogen) atoms. The fraction of sp³-hybridized carbons (Fsp3) is 0.600. The van der Waals surface area contributed by atoms with Crippen molar-refractivity contribution in [2.24, 2.45) is 5.92 Å². The quantitative estimate of drug-likeness (QED) is 0.909. The minimum Gasteiger partial charge on any atom is -0.396 e. The molecule has 1 saturated heterocycles. The highest BCUT2D eigenvalue weighted by molar-refractivity contribution is 7.18.